The summed E-state index contributed by atoms with van der Waals surface area (Å²) in [6.07, 6.45) is 2.84. The van der Waals surface area contributed by atoms with Crippen molar-refractivity contribution in [2.45, 2.75) is 6.92 Å². The van der Waals surface area contributed by atoms with Gasteiger partial charge in [-0.25, -0.2) is 9.97 Å². The first kappa shape index (κ1) is 12.5. The van der Waals surface area contributed by atoms with Gasteiger partial charge < -0.3 is 10.1 Å². The average Bonchev–Trinajstić information content (AvgIpc) is 2.41. The molecule has 0 aliphatic carbocycles. The highest BCUT2D eigenvalue weighted by Crippen LogP contribution is 2.28. The fourth-order valence-corrected chi connectivity index (χ4v) is 1.43. The van der Waals surface area contributed by atoms with Gasteiger partial charge in [0.05, 0.1) is 5.69 Å². The highest BCUT2D eigenvalue weighted by molar-refractivity contribution is 5.90. The quantitative estimate of drug-likeness (QED) is 0.906. The van der Waals surface area contributed by atoms with Crippen LogP contribution in [0.15, 0.2) is 36.7 Å². The number of ether oxygens (including phenoxy) is 1. The number of benzene rings is 1. The van der Waals surface area contributed by atoms with Crippen LogP contribution < -0.4 is 10.1 Å². The third-order valence-corrected chi connectivity index (χ3v) is 2.17. The van der Waals surface area contributed by atoms with Crippen molar-refractivity contribution in [1.29, 1.82) is 5.26 Å². The summed E-state index contributed by atoms with van der Waals surface area (Å²) in [5.41, 5.74) is 0.588. The van der Waals surface area contributed by atoms with E-state index in [4.69, 9.17) is 10.00 Å². The van der Waals surface area contributed by atoms with Gasteiger partial charge in [-0.05, 0) is 12.1 Å². The van der Waals surface area contributed by atoms with Gasteiger partial charge in [-0.15, -0.1) is 0 Å². The Morgan fingerprint density at radius 1 is 1.32 bits per heavy atom. The molecule has 0 radical (unpaired) electrons. The molecule has 0 atom stereocenters. The summed E-state index contributed by atoms with van der Waals surface area (Å²) in [6.45, 7) is 1.40. The zero-order valence-corrected chi connectivity index (χ0v) is 10.1. The lowest BCUT2D eigenvalue weighted by molar-refractivity contribution is -0.114. The number of hydrogen-bond acceptors (Lipinski definition) is 5. The molecule has 0 unspecified atom stereocenters. The summed E-state index contributed by atoms with van der Waals surface area (Å²) >= 11 is 0. The Hall–Kier alpha value is -2.94. The Labute approximate surface area is 109 Å². The van der Waals surface area contributed by atoms with E-state index in [1.165, 1.54) is 19.3 Å². The molecule has 0 saturated heterocycles. The fraction of sp³-hybridized carbons (Fsp3) is 0.0769. The largest absolute Gasteiger partial charge is 0.434 e. The summed E-state index contributed by atoms with van der Waals surface area (Å²) in [4.78, 5) is 18.9. The maximum Gasteiger partial charge on any atom is 0.256 e. The summed E-state index contributed by atoms with van der Waals surface area (Å²) in [6, 6.07) is 8.77. The van der Waals surface area contributed by atoms with Gasteiger partial charge in [0.15, 0.2) is 5.75 Å². The van der Waals surface area contributed by atoms with E-state index in [9.17, 15) is 4.79 Å². The SMILES string of the molecule is CC(=O)Nc1ccccc1Oc1nccnc1C#N. The lowest BCUT2D eigenvalue weighted by Gasteiger charge is -2.10. The molecule has 1 N–H and O–H groups in total. The number of nitrogens with zero attached hydrogens (tertiary/aromatic N) is 3. The van der Waals surface area contributed by atoms with Crippen LogP contribution in [0.3, 0.4) is 0 Å². The van der Waals surface area contributed by atoms with Gasteiger partial charge in [0.2, 0.25) is 11.6 Å². The number of hydrogen-bond donors (Lipinski definition) is 1. The Morgan fingerprint density at radius 2 is 2.05 bits per heavy atom. The Bertz CT molecular complexity index is 649. The topological polar surface area (TPSA) is 87.9 Å². The number of para-hydroxylation sites is 2. The molecule has 2 rings (SSSR count). The Morgan fingerprint density at radius 3 is 2.79 bits per heavy atom. The van der Waals surface area contributed by atoms with Gasteiger partial charge in [-0.3, -0.25) is 4.79 Å². The lowest BCUT2D eigenvalue weighted by Crippen LogP contribution is -2.07. The minimum atomic E-state index is -0.212. The molecule has 1 aromatic carbocycles. The molecule has 0 spiro atoms. The predicted octanol–water partition coefficient (Wildman–Crippen LogP) is 2.10. The van der Waals surface area contributed by atoms with E-state index < -0.39 is 0 Å². The second-order valence-corrected chi connectivity index (χ2v) is 3.60. The van der Waals surface area contributed by atoms with E-state index in [0.717, 1.165) is 0 Å². The van der Waals surface area contributed by atoms with Gasteiger partial charge >= 0.3 is 0 Å². The second kappa shape index (κ2) is 5.60. The monoisotopic (exact) mass is 254 g/mol. The van der Waals surface area contributed by atoms with Crippen LogP contribution >= 0.6 is 0 Å². The van der Waals surface area contributed by atoms with Crippen LogP contribution in [0, 0.1) is 11.3 Å². The Kier molecular flexibility index (Phi) is 3.69. The van der Waals surface area contributed by atoms with E-state index in [1.54, 1.807) is 24.3 Å². The molecule has 1 heterocycles. The molecular formula is C13H10N4O2. The van der Waals surface area contributed by atoms with Crippen molar-refractivity contribution in [2.75, 3.05) is 5.32 Å². The summed E-state index contributed by atoms with van der Waals surface area (Å²) in [5.74, 6) is 0.285. The maximum atomic E-state index is 11.1. The first-order chi connectivity index (χ1) is 9.20. The van der Waals surface area contributed by atoms with Crippen LogP contribution in [-0.2, 0) is 4.79 Å². The van der Waals surface area contributed by atoms with Gasteiger partial charge in [-0.1, -0.05) is 12.1 Å². The van der Waals surface area contributed by atoms with Gasteiger partial charge in [0, 0.05) is 19.3 Å². The first-order valence-corrected chi connectivity index (χ1v) is 5.46. The van der Waals surface area contributed by atoms with Crippen LogP contribution in [0.25, 0.3) is 0 Å². The molecule has 6 heteroatoms. The minimum Gasteiger partial charge on any atom is -0.434 e. The van der Waals surface area contributed by atoms with Crippen LogP contribution in [0.2, 0.25) is 0 Å². The van der Waals surface area contributed by atoms with E-state index >= 15 is 0 Å². The normalized spacial score (nSPS) is 9.47. The third kappa shape index (κ3) is 3.04. The molecule has 6 nitrogen and oxygen atoms in total. The zero-order chi connectivity index (χ0) is 13.7. The van der Waals surface area contributed by atoms with Crippen molar-refractivity contribution in [3.8, 4) is 17.7 Å². The summed E-state index contributed by atoms with van der Waals surface area (Å²) in [7, 11) is 0. The molecule has 0 bridgehead atoms. The summed E-state index contributed by atoms with van der Waals surface area (Å²) in [5, 5.41) is 11.5. The number of rotatable bonds is 3. The van der Waals surface area contributed by atoms with Crippen LogP contribution in [-0.4, -0.2) is 15.9 Å². The number of nitriles is 1. The Balaban J connectivity index is 2.33. The predicted molar refractivity (Wildman–Crippen MR) is 67.6 cm³/mol. The van der Waals surface area contributed by atoms with E-state index in [0.29, 0.717) is 11.4 Å². The van der Waals surface area contributed by atoms with Crippen LogP contribution in [0.1, 0.15) is 12.6 Å². The molecule has 2 aromatic rings. The highest BCUT2D eigenvalue weighted by Gasteiger charge is 2.10. The van der Waals surface area contributed by atoms with Gasteiger partial charge in [0.25, 0.3) is 5.88 Å². The molecule has 0 saturated carbocycles. The molecule has 1 aromatic heterocycles. The highest BCUT2D eigenvalue weighted by atomic mass is 16.5. The van der Waals surface area contributed by atoms with Crippen molar-refractivity contribution in [3.63, 3.8) is 0 Å². The molecule has 19 heavy (non-hydrogen) atoms. The van der Waals surface area contributed by atoms with Gasteiger partial charge in [-0.2, -0.15) is 5.26 Å². The number of nitrogens with one attached hydrogen (secondary N) is 1. The van der Waals surface area contributed by atoms with Crippen molar-refractivity contribution in [1.82, 2.24) is 9.97 Å². The van der Waals surface area contributed by atoms with Crippen molar-refractivity contribution in [2.24, 2.45) is 0 Å². The smallest absolute Gasteiger partial charge is 0.256 e. The number of carbonyl (C=O) groups excluding carboxylic acids is 1. The van der Waals surface area contributed by atoms with Crippen LogP contribution in [0.5, 0.6) is 11.6 Å². The van der Waals surface area contributed by atoms with E-state index in [2.05, 4.69) is 15.3 Å². The molecule has 0 aliphatic rings. The molecule has 0 aliphatic heterocycles. The van der Waals surface area contributed by atoms with Crippen molar-refractivity contribution >= 4 is 11.6 Å². The molecular weight excluding hydrogens is 244 g/mol. The molecule has 94 valence electrons. The molecule has 1 amide bonds. The standard InChI is InChI=1S/C13H10N4O2/c1-9(18)17-10-4-2-3-5-12(10)19-13-11(8-14)15-6-7-16-13/h2-7H,1H3,(H,17,18). The van der Waals surface area contributed by atoms with Crippen molar-refractivity contribution in [3.05, 3.63) is 42.4 Å². The number of amides is 1. The zero-order valence-electron chi connectivity index (χ0n) is 10.1. The number of anilines is 1. The van der Waals surface area contributed by atoms with Crippen LogP contribution in [0.4, 0.5) is 5.69 Å². The van der Waals surface area contributed by atoms with Crippen molar-refractivity contribution < 1.29 is 9.53 Å². The minimum absolute atomic E-state index is 0.0835. The molecule has 0 fully saturated rings. The second-order valence-electron chi connectivity index (χ2n) is 3.60. The number of carbonyl (C=O) groups is 1. The number of aromatic nitrogens is 2. The fourth-order valence-electron chi connectivity index (χ4n) is 1.43. The maximum absolute atomic E-state index is 11.1. The third-order valence-electron chi connectivity index (χ3n) is 2.17. The van der Waals surface area contributed by atoms with Gasteiger partial charge in [0.1, 0.15) is 6.07 Å². The first-order valence-electron chi connectivity index (χ1n) is 5.46. The summed E-state index contributed by atoms with van der Waals surface area (Å²) < 4.78 is 5.52. The van der Waals surface area contributed by atoms with E-state index in [-0.39, 0.29) is 17.5 Å². The van der Waals surface area contributed by atoms with E-state index in [1.807, 2.05) is 6.07 Å². The average molecular weight is 254 g/mol. The lowest BCUT2D eigenvalue weighted by atomic mass is 10.3.